The number of carbonyl (C=O) groups excluding carboxylic acids is 1. The summed E-state index contributed by atoms with van der Waals surface area (Å²) in [6.45, 7) is 0.955. The summed E-state index contributed by atoms with van der Waals surface area (Å²) in [7, 11) is -3.07. The van der Waals surface area contributed by atoms with Crippen molar-refractivity contribution in [1.29, 1.82) is 0 Å². The van der Waals surface area contributed by atoms with Gasteiger partial charge in [-0.3, -0.25) is 4.79 Å². The van der Waals surface area contributed by atoms with Gasteiger partial charge in [-0.05, 0) is 37.5 Å². The zero-order valence-electron chi connectivity index (χ0n) is 13.9. The molecule has 138 valence electrons. The molecule has 0 N–H and O–H groups in total. The van der Waals surface area contributed by atoms with Crippen molar-refractivity contribution in [3.63, 3.8) is 0 Å². The molecule has 2 aliphatic heterocycles. The molecule has 2 saturated heterocycles. The van der Waals surface area contributed by atoms with Gasteiger partial charge in [0.15, 0.2) is 16.4 Å². The lowest BCUT2D eigenvalue weighted by Crippen LogP contribution is -2.47. The number of rotatable bonds is 6. The molecule has 0 spiro atoms. The lowest BCUT2D eigenvalue weighted by Gasteiger charge is -2.30. The lowest BCUT2D eigenvalue weighted by molar-refractivity contribution is -0.137. The first-order valence-electron chi connectivity index (χ1n) is 8.43. The molecule has 1 aromatic rings. The Kier molecular flexibility index (Phi) is 5.86. The maximum absolute atomic E-state index is 12.7. The van der Waals surface area contributed by atoms with E-state index in [2.05, 4.69) is 0 Å². The second-order valence-corrected chi connectivity index (χ2v) is 9.15. The minimum absolute atomic E-state index is 0.0165. The Labute approximate surface area is 153 Å². The van der Waals surface area contributed by atoms with E-state index in [0.29, 0.717) is 30.3 Å². The van der Waals surface area contributed by atoms with Crippen LogP contribution in [0, 0.1) is 0 Å². The van der Waals surface area contributed by atoms with Gasteiger partial charge in [-0.2, -0.15) is 0 Å². The van der Waals surface area contributed by atoms with Gasteiger partial charge in [0, 0.05) is 24.2 Å². The summed E-state index contributed by atoms with van der Waals surface area (Å²) in [6.07, 6.45) is 2.30. The second kappa shape index (κ2) is 7.93. The van der Waals surface area contributed by atoms with E-state index in [1.807, 2.05) is 0 Å². The van der Waals surface area contributed by atoms with Crippen LogP contribution in [0.5, 0.6) is 5.75 Å². The summed E-state index contributed by atoms with van der Waals surface area (Å²) < 4.78 is 34.8. The Morgan fingerprint density at radius 2 is 2.20 bits per heavy atom. The average molecular weight is 388 g/mol. The van der Waals surface area contributed by atoms with Crippen molar-refractivity contribution in [2.75, 3.05) is 31.3 Å². The molecule has 1 aromatic carbocycles. The van der Waals surface area contributed by atoms with Crippen LogP contribution in [-0.4, -0.2) is 62.6 Å². The number of nitrogens with zero attached hydrogens (tertiary/aromatic N) is 1. The van der Waals surface area contributed by atoms with Gasteiger partial charge in [0.1, 0.15) is 5.75 Å². The number of amides is 1. The van der Waals surface area contributed by atoms with E-state index < -0.39 is 9.84 Å². The van der Waals surface area contributed by atoms with Crippen molar-refractivity contribution in [3.8, 4) is 5.75 Å². The van der Waals surface area contributed by atoms with E-state index in [0.717, 1.165) is 12.8 Å². The van der Waals surface area contributed by atoms with Crippen LogP contribution in [0.3, 0.4) is 0 Å². The van der Waals surface area contributed by atoms with Crippen LogP contribution in [0.1, 0.15) is 19.3 Å². The van der Waals surface area contributed by atoms with Gasteiger partial charge in [-0.25, -0.2) is 8.42 Å². The average Bonchev–Trinajstić information content (AvgIpc) is 3.19. The normalized spacial score (nSPS) is 25.0. The van der Waals surface area contributed by atoms with Crippen LogP contribution in [0.4, 0.5) is 0 Å². The van der Waals surface area contributed by atoms with Crippen LogP contribution in [0.15, 0.2) is 24.3 Å². The monoisotopic (exact) mass is 387 g/mol. The summed E-state index contributed by atoms with van der Waals surface area (Å²) in [5.41, 5.74) is 0. The molecular formula is C17H22ClNO5S. The number of halogens is 1. The predicted molar refractivity (Wildman–Crippen MR) is 94.7 cm³/mol. The molecular weight excluding hydrogens is 366 g/mol. The fraction of sp³-hybridized carbons (Fsp3) is 0.588. The molecule has 25 heavy (non-hydrogen) atoms. The smallest absolute Gasteiger partial charge is 0.260 e. The highest BCUT2D eigenvalue weighted by molar-refractivity contribution is 7.91. The third kappa shape index (κ3) is 5.09. The Morgan fingerprint density at radius 3 is 2.84 bits per heavy atom. The molecule has 8 heteroatoms. The summed E-state index contributed by atoms with van der Waals surface area (Å²) in [6, 6.07) is 6.53. The summed E-state index contributed by atoms with van der Waals surface area (Å²) in [5, 5.41) is 0.531. The summed E-state index contributed by atoms with van der Waals surface area (Å²) in [5.74, 6) is 0.430. The molecule has 0 radical (unpaired) electrons. The number of sulfone groups is 1. The van der Waals surface area contributed by atoms with Crippen LogP contribution in [0.2, 0.25) is 5.02 Å². The molecule has 2 aliphatic rings. The largest absolute Gasteiger partial charge is 0.484 e. The molecule has 0 bridgehead atoms. The number of ether oxygens (including phenoxy) is 2. The first kappa shape index (κ1) is 18.5. The zero-order chi connectivity index (χ0) is 17.9. The Hall–Kier alpha value is -1.31. The van der Waals surface area contributed by atoms with Crippen LogP contribution in [0.25, 0.3) is 0 Å². The highest BCUT2D eigenvalue weighted by Crippen LogP contribution is 2.22. The molecule has 0 aliphatic carbocycles. The van der Waals surface area contributed by atoms with Gasteiger partial charge in [0.25, 0.3) is 5.91 Å². The fourth-order valence-electron chi connectivity index (χ4n) is 3.27. The molecule has 0 aromatic heterocycles. The third-order valence-electron chi connectivity index (χ3n) is 4.55. The molecule has 3 rings (SSSR count). The standard InChI is InChI=1S/C17H22ClNO5S/c18-13-3-1-4-15(9-13)24-11-17(20)19(10-16-5-2-7-23-16)14-6-8-25(21,22)12-14/h1,3-4,9,14,16H,2,5-8,10-12H2/t14-,16+/m1/s1. The third-order valence-corrected chi connectivity index (χ3v) is 6.54. The Morgan fingerprint density at radius 1 is 1.36 bits per heavy atom. The van der Waals surface area contributed by atoms with E-state index in [-0.39, 0.29) is 36.2 Å². The highest BCUT2D eigenvalue weighted by Gasteiger charge is 2.36. The van der Waals surface area contributed by atoms with Gasteiger partial charge >= 0.3 is 0 Å². The van der Waals surface area contributed by atoms with Gasteiger partial charge in [-0.1, -0.05) is 17.7 Å². The fourth-order valence-corrected chi connectivity index (χ4v) is 5.18. The molecule has 2 fully saturated rings. The Bertz CT molecular complexity index is 718. The molecule has 1 amide bonds. The SMILES string of the molecule is O=C(COc1cccc(Cl)c1)N(C[C@@H]1CCCO1)[C@@H]1CCS(=O)(=O)C1. The van der Waals surface area contributed by atoms with E-state index in [1.54, 1.807) is 29.2 Å². The second-order valence-electron chi connectivity index (χ2n) is 6.48. The van der Waals surface area contributed by atoms with Crippen molar-refractivity contribution in [1.82, 2.24) is 4.90 Å². The van der Waals surface area contributed by atoms with E-state index in [1.165, 1.54) is 0 Å². The van der Waals surface area contributed by atoms with Crippen LogP contribution in [-0.2, 0) is 19.4 Å². The van der Waals surface area contributed by atoms with Crippen molar-refractivity contribution >= 4 is 27.3 Å². The van der Waals surface area contributed by atoms with E-state index in [9.17, 15) is 13.2 Å². The molecule has 2 heterocycles. The van der Waals surface area contributed by atoms with Gasteiger partial charge in [0.2, 0.25) is 0 Å². The summed E-state index contributed by atoms with van der Waals surface area (Å²) in [4.78, 5) is 14.3. The van der Waals surface area contributed by atoms with E-state index >= 15 is 0 Å². The minimum atomic E-state index is -3.07. The maximum atomic E-state index is 12.7. The summed E-state index contributed by atoms with van der Waals surface area (Å²) >= 11 is 5.91. The number of benzene rings is 1. The quantitative estimate of drug-likeness (QED) is 0.745. The van der Waals surface area contributed by atoms with Crippen molar-refractivity contribution < 1.29 is 22.7 Å². The maximum Gasteiger partial charge on any atom is 0.260 e. The zero-order valence-corrected chi connectivity index (χ0v) is 15.5. The molecule has 2 atom stereocenters. The first-order chi connectivity index (χ1) is 11.9. The van der Waals surface area contributed by atoms with Gasteiger partial charge in [-0.15, -0.1) is 0 Å². The molecule has 0 saturated carbocycles. The van der Waals surface area contributed by atoms with Gasteiger partial charge < -0.3 is 14.4 Å². The first-order valence-corrected chi connectivity index (χ1v) is 10.6. The molecule has 0 unspecified atom stereocenters. The van der Waals surface area contributed by atoms with E-state index in [4.69, 9.17) is 21.1 Å². The lowest BCUT2D eigenvalue weighted by atomic mass is 10.1. The number of hydrogen-bond donors (Lipinski definition) is 0. The van der Waals surface area contributed by atoms with Crippen molar-refractivity contribution in [3.05, 3.63) is 29.3 Å². The van der Waals surface area contributed by atoms with Crippen molar-refractivity contribution in [2.45, 2.75) is 31.4 Å². The number of hydrogen-bond acceptors (Lipinski definition) is 5. The Balaban J connectivity index is 1.65. The topological polar surface area (TPSA) is 72.9 Å². The number of carbonyl (C=O) groups is 1. The minimum Gasteiger partial charge on any atom is -0.484 e. The highest BCUT2D eigenvalue weighted by atomic mass is 35.5. The molecule has 6 nitrogen and oxygen atoms in total. The van der Waals surface area contributed by atoms with Crippen molar-refractivity contribution in [2.24, 2.45) is 0 Å². The van der Waals surface area contributed by atoms with Crippen LogP contribution >= 0.6 is 11.6 Å². The van der Waals surface area contributed by atoms with Gasteiger partial charge in [0.05, 0.1) is 17.6 Å². The van der Waals surface area contributed by atoms with Crippen LogP contribution < -0.4 is 4.74 Å². The predicted octanol–water partition coefficient (Wildman–Crippen LogP) is 1.91.